The molecular formula is C11H21NO2. The highest BCUT2D eigenvalue weighted by Crippen LogP contribution is 2.28. The van der Waals surface area contributed by atoms with Crippen molar-refractivity contribution in [2.24, 2.45) is 11.7 Å². The first-order valence-corrected chi connectivity index (χ1v) is 5.65. The summed E-state index contributed by atoms with van der Waals surface area (Å²) in [5.41, 5.74) is 5.29. The van der Waals surface area contributed by atoms with Gasteiger partial charge in [0, 0.05) is 6.54 Å². The van der Waals surface area contributed by atoms with Crippen LogP contribution in [0, 0.1) is 5.92 Å². The second kappa shape index (κ2) is 6.02. The fourth-order valence-electron chi connectivity index (χ4n) is 2.08. The van der Waals surface area contributed by atoms with E-state index in [4.69, 9.17) is 10.5 Å². The molecule has 2 N–H and O–H groups in total. The first kappa shape index (κ1) is 11.5. The second-order valence-corrected chi connectivity index (χ2v) is 4.09. The summed E-state index contributed by atoms with van der Waals surface area (Å²) < 4.78 is 5.34. The quantitative estimate of drug-likeness (QED) is 0.703. The average Bonchev–Trinajstić information content (AvgIpc) is 2.18. The van der Waals surface area contributed by atoms with Gasteiger partial charge in [-0.05, 0) is 25.2 Å². The van der Waals surface area contributed by atoms with E-state index < -0.39 is 0 Å². The lowest BCUT2D eigenvalue weighted by Gasteiger charge is -2.28. The van der Waals surface area contributed by atoms with E-state index in [1.54, 1.807) is 0 Å². The van der Waals surface area contributed by atoms with E-state index in [2.05, 4.69) is 6.92 Å². The van der Waals surface area contributed by atoms with Gasteiger partial charge in [-0.1, -0.05) is 19.8 Å². The predicted octanol–water partition coefficient (Wildman–Crippen LogP) is 1.85. The molecule has 1 rings (SSSR count). The Balaban J connectivity index is 2.26. The van der Waals surface area contributed by atoms with Crippen molar-refractivity contribution in [2.45, 2.75) is 51.6 Å². The molecule has 82 valence electrons. The van der Waals surface area contributed by atoms with Crippen molar-refractivity contribution in [2.75, 3.05) is 6.54 Å². The summed E-state index contributed by atoms with van der Waals surface area (Å²) in [7, 11) is 0. The molecule has 2 unspecified atom stereocenters. The van der Waals surface area contributed by atoms with Crippen molar-refractivity contribution >= 4 is 5.97 Å². The van der Waals surface area contributed by atoms with Crippen molar-refractivity contribution < 1.29 is 9.53 Å². The number of nitrogens with two attached hydrogens (primary N) is 1. The topological polar surface area (TPSA) is 52.3 Å². The maximum atomic E-state index is 11.2. The molecule has 0 aromatic carbocycles. The number of esters is 1. The monoisotopic (exact) mass is 199 g/mol. The van der Waals surface area contributed by atoms with E-state index >= 15 is 0 Å². The third kappa shape index (κ3) is 3.66. The molecule has 1 fully saturated rings. The van der Waals surface area contributed by atoms with Crippen LogP contribution in [0.15, 0.2) is 0 Å². The number of carbonyl (C=O) groups excluding carboxylic acids is 1. The SMILES string of the molecule is CCC1CCCC(OC(=O)CCN)C1. The van der Waals surface area contributed by atoms with Gasteiger partial charge in [-0.2, -0.15) is 0 Å². The Bertz CT molecular complexity index is 182. The van der Waals surface area contributed by atoms with Crippen LogP contribution in [0.25, 0.3) is 0 Å². The molecule has 0 heterocycles. The van der Waals surface area contributed by atoms with Gasteiger partial charge in [-0.25, -0.2) is 0 Å². The Morgan fingerprint density at radius 1 is 1.50 bits per heavy atom. The number of hydrogen-bond donors (Lipinski definition) is 1. The summed E-state index contributed by atoms with van der Waals surface area (Å²) in [6.07, 6.45) is 6.28. The zero-order chi connectivity index (χ0) is 10.4. The predicted molar refractivity (Wildman–Crippen MR) is 55.8 cm³/mol. The molecule has 0 spiro atoms. The largest absolute Gasteiger partial charge is 0.462 e. The van der Waals surface area contributed by atoms with Crippen LogP contribution in [0.2, 0.25) is 0 Å². The summed E-state index contributed by atoms with van der Waals surface area (Å²) in [4.78, 5) is 11.2. The molecule has 1 saturated carbocycles. The number of hydrogen-bond acceptors (Lipinski definition) is 3. The van der Waals surface area contributed by atoms with Gasteiger partial charge in [0.05, 0.1) is 6.42 Å². The van der Waals surface area contributed by atoms with Crippen LogP contribution in [0.4, 0.5) is 0 Å². The van der Waals surface area contributed by atoms with Gasteiger partial charge in [0.1, 0.15) is 6.10 Å². The summed E-state index contributed by atoms with van der Waals surface area (Å²) in [5, 5.41) is 0. The first-order chi connectivity index (χ1) is 6.76. The third-order valence-corrected chi connectivity index (χ3v) is 2.96. The van der Waals surface area contributed by atoms with Crippen LogP contribution in [-0.4, -0.2) is 18.6 Å². The zero-order valence-corrected chi connectivity index (χ0v) is 9.00. The van der Waals surface area contributed by atoms with Gasteiger partial charge >= 0.3 is 5.97 Å². The standard InChI is InChI=1S/C11H21NO2/c1-2-9-4-3-5-10(8-9)14-11(13)6-7-12/h9-10H,2-8,12H2,1H3. The Morgan fingerprint density at radius 3 is 2.93 bits per heavy atom. The smallest absolute Gasteiger partial charge is 0.307 e. The molecular weight excluding hydrogens is 178 g/mol. The molecule has 0 aliphatic heterocycles. The molecule has 14 heavy (non-hydrogen) atoms. The molecule has 1 aliphatic carbocycles. The summed E-state index contributed by atoms with van der Waals surface area (Å²) in [6, 6.07) is 0. The summed E-state index contributed by atoms with van der Waals surface area (Å²) in [6.45, 7) is 2.59. The number of rotatable bonds is 4. The minimum atomic E-state index is -0.130. The van der Waals surface area contributed by atoms with Gasteiger partial charge < -0.3 is 10.5 Å². The van der Waals surface area contributed by atoms with Crippen molar-refractivity contribution in [1.82, 2.24) is 0 Å². The molecule has 2 atom stereocenters. The van der Waals surface area contributed by atoms with Crippen molar-refractivity contribution in [3.05, 3.63) is 0 Å². The molecule has 0 saturated heterocycles. The Kier molecular flexibility index (Phi) is 4.94. The second-order valence-electron chi connectivity index (χ2n) is 4.09. The molecule has 0 aromatic heterocycles. The molecule has 0 radical (unpaired) electrons. The molecule has 1 aliphatic rings. The minimum absolute atomic E-state index is 0.130. The normalized spacial score (nSPS) is 27.3. The van der Waals surface area contributed by atoms with Gasteiger partial charge in [0.15, 0.2) is 0 Å². The summed E-state index contributed by atoms with van der Waals surface area (Å²) in [5.74, 6) is 0.619. The van der Waals surface area contributed by atoms with E-state index in [0.717, 1.165) is 18.8 Å². The maximum Gasteiger partial charge on any atom is 0.307 e. The Morgan fingerprint density at radius 2 is 2.29 bits per heavy atom. The molecule has 0 amide bonds. The van der Waals surface area contributed by atoms with Crippen LogP contribution < -0.4 is 5.73 Å². The number of carbonyl (C=O) groups is 1. The van der Waals surface area contributed by atoms with E-state index in [0.29, 0.717) is 13.0 Å². The van der Waals surface area contributed by atoms with Crippen LogP contribution in [0.3, 0.4) is 0 Å². The van der Waals surface area contributed by atoms with Gasteiger partial charge in [0.2, 0.25) is 0 Å². The van der Waals surface area contributed by atoms with E-state index in [1.165, 1.54) is 19.3 Å². The fourth-order valence-corrected chi connectivity index (χ4v) is 2.08. The average molecular weight is 199 g/mol. The highest BCUT2D eigenvalue weighted by Gasteiger charge is 2.23. The Hall–Kier alpha value is -0.570. The van der Waals surface area contributed by atoms with Crippen LogP contribution in [0.5, 0.6) is 0 Å². The lowest BCUT2D eigenvalue weighted by Crippen LogP contribution is -2.26. The molecule has 3 nitrogen and oxygen atoms in total. The summed E-state index contributed by atoms with van der Waals surface area (Å²) >= 11 is 0. The van der Waals surface area contributed by atoms with Gasteiger partial charge in [0.25, 0.3) is 0 Å². The highest BCUT2D eigenvalue weighted by molar-refractivity contribution is 5.69. The Labute approximate surface area is 86.0 Å². The third-order valence-electron chi connectivity index (χ3n) is 2.96. The first-order valence-electron chi connectivity index (χ1n) is 5.65. The van der Waals surface area contributed by atoms with E-state index in [-0.39, 0.29) is 12.1 Å². The lowest BCUT2D eigenvalue weighted by molar-refractivity contribution is -0.151. The van der Waals surface area contributed by atoms with Crippen LogP contribution >= 0.6 is 0 Å². The van der Waals surface area contributed by atoms with Crippen molar-refractivity contribution in [3.8, 4) is 0 Å². The van der Waals surface area contributed by atoms with Gasteiger partial charge in [-0.3, -0.25) is 4.79 Å². The van der Waals surface area contributed by atoms with Crippen molar-refractivity contribution in [1.29, 1.82) is 0 Å². The highest BCUT2D eigenvalue weighted by atomic mass is 16.5. The van der Waals surface area contributed by atoms with Gasteiger partial charge in [-0.15, -0.1) is 0 Å². The van der Waals surface area contributed by atoms with E-state index in [9.17, 15) is 4.79 Å². The minimum Gasteiger partial charge on any atom is -0.462 e. The fraction of sp³-hybridized carbons (Fsp3) is 0.909. The zero-order valence-electron chi connectivity index (χ0n) is 9.00. The molecule has 0 bridgehead atoms. The maximum absolute atomic E-state index is 11.2. The molecule has 3 heteroatoms. The van der Waals surface area contributed by atoms with Crippen LogP contribution in [0.1, 0.15) is 45.4 Å². The van der Waals surface area contributed by atoms with Crippen molar-refractivity contribution in [3.63, 3.8) is 0 Å². The lowest BCUT2D eigenvalue weighted by atomic mass is 9.85. The number of ether oxygens (including phenoxy) is 1. The molecule has 0 aromatic rings. The van der Waals surface area contributed by atoms with E-state index in [1.807, 2.05) is 0 Å². The van der Waals surface area contributed by atoms with Crippen LogP contribution in [-0.2, 0) is 9.53 Å².